The fraction of sp³-hybridized carbons (Fsp3) is 0.346. The van der Waals surface area contributed by atoms with E-state index in [1.165, 1.54) is 0 Å². The van der Waals surface area contributed by atoms with Crippen LogP contribution >= 0.6 is 0 Å². The first-order valence-corrected chi connectivity index (χ1v) is 11.3. The number of methoxy groups -OCH3 is 2. The Morgan fingerprint density at radius 3 is 2.38 bits per heavy atom. The Labute approximate surface area is 199 Å². The number of carbonyl (C=O) groups excluding carboxylic acids is 2. The zero-order chi connectivity index (χ0) is 24.2. The van der Waals surface area contributed by atoms with E-state index in [0.717, 1.165) is 22.6 Å². The van der Waals surface area contributed by atoms with Crippen LogP contribution in [0.2, 0.25) is 0 Å². The van der Waals surface area contributed by atoms with E-state index in [2.05, 4.69) is 22.5 Å². The number of carbonyl (C=O) groups is 2. The highest BCUT2D eigenvalue weighted by molar-refractivity contribution is 6.00. The molecule has 1 saturated heterocycles. The van der Waals surface area contributed by atoms with Gasteiger partial charge in [0.15, 0.2) is 11.5 Å². The molecule has 1 unspecified atom stereocenters. The van der Waals surface area contributed by atoms with Crippen LogP contribution in [-0.4, -0.2) is 48.9 Å². The van der Waals surface area contributed by atoms with Gasteiger partial charge in [-0.05, 0) is 56.2 Å². The van der Waals surface area contributed by atoms with Crippen molar-refractivity contribution in [1.29, 1.82) is 0 Å². The number of aryl methyl sites for hydroxylation is 2. The number of hydrogen-bond acceptors (Lipinski definition) is 5. The van der Waals surface area contributed by atoms with Crippen molar-refractivity contribution in [3.8, 4) is 17.2 Å². The molecule has 8 nitrogen and oxygen atoms in total. The first-order chi connectivity index (χ1) is 16.4. The quantitative estimate of drug-likeness (QED) is 0.556. The summed E-state index contributed by atoms with van der Waals surface area (Å²) in [6, 6.07) is 15.5. The molecular weight excluding hydrogens is 432 g/mol. The van der Waals surface area contributed by atoms with Crippen molar-refractivity contribution in [3.05, 3.63) is 65.5 Å². The lowest BCUT2D eigenvalue weighted by molar-refractivity contribution is -0.126. The van der Waals surface area contributed by atoms with Crippen LogP contribution in [0.5, 0.6) is 11.5 Å². The van der Waals surface area contributed by atoms with Crippen molar-refractivity contribution in [1.82, 2.24) is 15.1 Å². The van der Waals surface area contributed by atoms with Crippen molar-refractivity contribution in [2.24, 2.45) is 5.92 Å². The van der Waals surface area contributed by atoms with Gasteiger partial charge in [0.25, 0.3) is 0 Å². The van der Waals surface area contributed by atoms with Crippen molar-refractivity contribution < 1.29 is 19.1 Å². The molecule has 3 aromatic rings. The summed E-state index contributed by atoms with van der Waals surface area (Å²) >= 11 is 0. The van der Waals surface area contributed by atoms with E-state index >= 15 is 0 Å². The Balaban J connectivity index is 1.31. The Morgan fingerprint density at radius 1 is 1.03 bits per heavy atom. The number of nitrogens with one attached hydrogen (secondary N) is 1. The maximum absolute atomic E-state index is 12.7. The highest BCUT2D eigenvalue weighted by Crippen LogP contribution is 2.34. The lowest BCUT2D eigenvalue weighted by Gasteiger charge is -2.18. The van der Waals surface area contributed by atoms with E-state index in [1.54, 1.807) is 37.3 Å². The van der Waals surface area contributed by atoms with Gasteiger partial charge in [0.2, 0.25) is 11.8 Å². The van der Waals surface area contributed by atoms with Gasteiger partial charge in [0, 0.05) is 37.0 Å². The average molecular weight is 463 g/mol. The van der Waals surface area contributed by atoms with E-state index < -0.39 is 0 Å². The molecule has 1 fully saturated rings. The molecule has 0 aliphatic carbocycles. The molecule has 1 aromatic heterocycles. The third-order valence-electron chi connectivity index (χ3n) is 6.08. The van der Waals surface area contributed by atoms with Gasteiger partial charge in [-0.1, -0.05) is 12.1 Å². The predicted octanol–water partition coefficient (Wildman–Crippen LogP) is 3.22. The molecule has 2 aromatic carbocycles. The Kier molecular flexibility index (Phi) is 6.86. The minimum atomic E-state index is -0.381. The Bertz CT molecular complexity index is 1190. The number of ether oxygens (including phenoxy) is 2. The van der Waals surface area contributed by atoms with Gasteiger partial charge in [-0.3, -0.25) is 9.59 Å². The van der Waals surface area contributed by atoms with E-state index in [9.17, 15) is 9.59 Å². The zero-order valence-corrected chi connectivity index (χ0v) is 20.0. The third-order valence-corrected chi connectivity index (χ3v) is 6.08. The molecule has 8 heteroatoms. The molecule has 4 rings (SSSR count). The Morgan fingerprint density at radius 2 is 1.74 bits per heavy atom. The number of anilines is 1. The monoisotopic (exact) mass is 462 g/mol. The van der Waals surface area contributed by atoms with Crippen LogP contribution in [0.3, 0.4) is 0 Å². The van der Waals surface area contributed by atoms with Gasteiger partial charge < -0.3 is 19.7 Å². The molecule has 2 heterocycles. The summed E-state index contributed by atoms with van der Waals surface area (Å²) in [6.07, 6.45) is 0.903. The molecule has 0 bridgehead atoms. The predicted molar refractivity (Wildman–Crippen MR) is 130 cm³/mol. The van der Waals surface area contributed by atoms with Gasteiger partial charge in [-0.25, -0.2) is 4.68 Å². The molecule has 178 valence electrons. The van der Waals surface area contributed by atoms with Crippen LogP contribution in [0.15, 0.2) is 48.5 Å². The Hall–Kier alpha value is -3.81. The number of nitrogens with zero attached hydrogens (tertiary/aromatic N) is 3. The van der Waals surface area contributed by atoms with E-state index in [0.29, 0.717) is 36.7 Å². The summed E-state index contributed by atoms with van der Waals surface area (Å²) in [5, 5.41) is 7.49. The first kappa shape index (κ1) is 23.4. The number of rotatable bonds is 8. The zero-order valence-electron chi connectivity index (χ0n) is 20.0. The van der Waals surface area contributed by atoms with Crippen LogP contribution in [0.4, 0.5) is 5.69 Å². The lowest BCUT2D eigenvalue weighted by atomic mass is 10.1. The topological polar surface area (TPSA) is 85.7 Å². The van der Waals surface area contributed by atoms with Gasteiger partial charge in [0.1, 0.15) is 0 Å². The van der Waals surface area contributed by atoms with Crippen LogP contribution in [0.1, 0.15) is 23.4 Å². The second-order valence-electron chi connectivity index (χ2n) is 8.49. The fourth-order valence-corrected chi connectivity index (χ4v) is 4.29. The number of aromatic nitrogens is 2. The second kappa shape index (κ2) is 9.99. The van der Waals surface area contributed by atoms with Gasteiger partial charge in [-0.15, -0.1) is 0 Å². The standard InChI is InChI=1S/C26H30N4O4/c1-17-13-18(2)30(28-17)21-7-5-19(6-8-21)11-12-27-26(32)20-14-25(31)29(16-20)22-9-10-23(33-3)24(15-22)34-4/h5-10,13,15,20H,11-12,14,16H2,1-4H3,(H,27,32). The van der Waals surface area contributed by atoms with Gasteiger partial charge in [0.05, 0.1) is 31.5 Å². The van der Waals surface area contributed by atoms with Crippen molar-refractivity contribution >= 4 is 17.5 Å². The van der Waals surface area contributed by atoms with Crippen LogP contribution in [0.25, 0.3) is 5.69 Å². The molecule has 1 atom stereocenters. The molecular formula is C26H30N4O4. The van der Waals surface area contributed by atoms with Crippen molar-refractivity contribution in [3.63, 3.8) is 0 Å². The SMILES string of the molecule is COc1ccc(N2CC(C(=O)NCCc3ccc(-n4nc(C)cc4C)cc3)CC2=O)cc1OC. The lowest BCUT2D eigenvalue weighted by Crippen LogP contribution is -2.34. The van der Waals surface area contributed by atoms with Crippen LogP contribution in [-0.2, 0) is 16.0 Å². The summed E-state index contributed by atoms with van der Waals surface area (Å²) in [5.41, 5.74) is 4.91. The molecule has 1 aliphatic heterocycles. The minimum Gasteiger partial charge on any atom is -0.493 e. The first-order valence-electron chi connectivity index (χ1n) is 11.3. The summed E-state index contributed by atoms with van der Waals surface area (Å²) in [7, 11) is 3.12. The van der Waals surface area contributed by atoms with E-state index in [4.69, 9.17) is 9.47 Å². The molecule has 0 radical (unpaired) electrons. The van der Waals surface area contributed by atoms with Gasteiger partial charge in [-0.2, -0.15) is 5.10 Å². The molecule has 1 aliphatic rings. The number of amides is 2. The average Bonchev–Trinajstić information content (AvgIpc) is 3.40. The summed E-state index contributed by atoms with van der Waals surface area (Å²) in [4.78, 5) is 26.9. The highest BCUT2D eigenvalue weighted by atomic mass is 16.5. The summed E-state index contributed by atoms with van der Waals surface area (Å²) in [5.74, 6) is 0.580. The molecule has 2 amide bonds. The molecule has 1 N–H and O–H groups in total. The fourth-order valence-electron chi connectivity index (χ4n) is 4.29. The van der Waals surface area contributed by atoms with Crippen molar-refractivity contribution in [2.75, 3.05) is 32.2 Å². The molecule has 0 saturated carbocycles. The van der Waals surface area contributed by atoms with Gasteiger partial charge >= 0.3 is 0 Å². The second-order valence-corrected chi connectivity index (χ2v) is 8.49. The maximum atomic E-state index is 12.7. The largest absolute Gasteiger partial charge is 0.493 e. The highest BCUT2D eigenvalue weighted by Gasteiger charge is 2.35. The summed E-state index contributed by atoms with van der Waals surface area (Å²) < 4.78 is 12.5. The molecule has 0 spiro atoms. The summed E-state index contributed by atoms with van der Waals surface area (Å²) in [6.45, 7) is 4.87. The molecule has 34 heavy (non-hydrogen) atoms. The third kappa shape index (κ3) is 4.90. The van der Waals surface area contributed by atoms with Crippen molar-refractivity contribution in [2.45, 2.75) is 26.7 Å². The minimum absolute atomic E-state index is 0.0767. The van der Waals surface area contributed by atoms with Crippen LogP contribution in [0, 0.1) is 19.8 Å². The normalized spacial score (nSPS) is 15.5. The van der Waals surface area contributed by atoms with E-state index in [-0.39, 0.29) is 24.2 Å². The number of hydrogen-bond donors (Lipinski definition) is 1. The smallest absolute Gasteiger partial charge is 0.227 e. The maximum Gasteiger partial charge on any atom is 0.227 e. The van der Waals surface area contributed by atoms with Crippen LogP contribution < -0.4 is 19.7 Å². The number of benzene rings is 2. The van der Waals surface area contributed by atoms with E-state index in [1.807, 2.05) is 36.7 Å².